The highest BCUT2D eigenvalue weighted by Gasteiger charge is 2.41. The van der Waals surface area contributed by atoms with Gasteiger partial charge in [0.1, 0.15) is 5.60 Å². The minimum atomic E-state index is -0.422. The lowest BCUT2D eigenvalue weighted by atomic mass is 9.71. The molecule has 0 aromatic carbocycles. The highest BCUT2D eigenvalue weighted by Crippen LogP contribution is 2.40. The van der Waals surface area contributed by atoms with Crippen LogP contribution in [0.2, 0.25) is 0 Å². The molecule has 0 aromatic rings. The van der Waals surface area contributed by atoms with Gasteiger partial charge in [-0.25, -0.2) is 4.79 Å². The first-order chi connectivity index (χ1) is 9.45. The number of likely N-dealkylation sites (tertiary alicyclic amines) is 1. The van der Waals surface area contributed by atoms with Crippen molar-refractivity contribution in [3.63, 3.8) is 0 Å². The molecule has 3 heteroatoms. The Morgan fingerprint density at radius 3 is 2.14 bits per heavy atom. The van der Waals surface area contributed by atoms with Gasteiger partial charge in [-0.05, 0) is 58.3 Å². The van der Waals surface area contributed by atoms with Crippen molar-refractivity contribution in [1.29, 1.82) is 0 Å². The largest absolute Gasteiger partial charge is 0.444 e. The van der Waals surface area contributed by atoms with Crippen LogP contribution in [0.1, 0.15) is 81.1 Å². The summed E-state index contributed by atoms with van der Waals surface area (Å²) in [5, 5.41) is 0. The number of amides is 1. The van der Waals surface area contributed by atoms with Gasteiger partial charge >= 0.3 is 6.09 Å². The summed E-state index contributed by atoms with van der Waals surface area (Å²) in [5.74, 6) is 0.669. The molecule has 0 saturated carbocycles. The van der Waals surface area contributed by atoms with Gasteiger partial charge in [-0.15, -0.1) is 0 Å². The van der Waals surface area contributed by atoms with Crippen LogP contribution in [-0.2, 0) is 4.74 Å². The van der Waals surface area contributed by atoms with Crippen molar-refractivity contribution >= 4 is 6.09 Å². The van der Waals surface area contributed by atoms with Gasteiger partial charge in [-0.1, -0.05) is 34.1 Å². The molecule has 0 radical (unpaired) electrons. The van der Waals surface area contributed by atoms with Crippen LogP contribution in [0.3, 0.4) is 0 Å². The van der Waals surface area contributed by atoms with E-state index >= 15 is 0 Å². The number of piperidine rings is 1. The molecule has 124 valence electrons. The number of hydrogen-bond donors (Lipinski definition) is 0. The van der Waals surface area contributed by atoms with Crippen molar-refractivity contribution in [3.8, 4) is 0 Å². The molecule has 1 heterocycles. The minimum Gasteiger partial charge on any atom is -0.444 e. The highest BCUT2D eigenvalue weighted by atomic mass is 16.6. The molecule has 1 aliphatic heterocycles. The lowest BCUT2D eigenvalue weighted by Gasteiger charge is -2.47. The lowest BCUT2D eigenvalue weighted by molar-refractivity contribution is -0.0233. The normalized spacial score (nSPS) is 27.6. The Labute approximate surface area is 131 Å². The van der Waals surface area contributed by atoms with E-state index in [1.54, 1.807) is 0 Å². The van der Waals surface area contributed by atoms with Gasteiger partial charge in [0.25, 0.3) is 0 Å². The van der Waals surface area contributed by atoms with E-state index in [2.05, 4.69) is 34.6 Å². The maximum absolute atomic E-state index is 12.6. The molecule has 1 fully saturated rings. The first-order valence-electron chi connectivity index (χ1n) is 8.47. The maximum atomic E-state index is 12.6. The van der Waals surface area contributed by atoms with Crippen LogP contribution in [0.25, 0.3) is 0 Å². The van der Waals surface area contributed by atoms with Crippen molar-refractivity contribution in [1.82, 2.24) is 4.90 Å². The van der Waals surface area contributed by atoms with Crippen molar-refractivity contribution in [2.24, 2.45) is 11.3 Å². The molecule has 3 nitrogen and oxygen atoms in total. The molecule has 1 amide bonds. The van der Waals surface area contributed by atoms with Crippen molar-refractivity contribution in [3.05, 3.63) is 0 Å². The summed E-state index contributed by atoms with van der Waals surface area (Å²) in [6.07, 6.45) is 4.20. The Morgan fingerprint density at radius 1 is 1.14 bits per heavy atom. The molecule has 0 spiro atoms. The Bertz CT molecular complexity index is 351. The number of carbonyl (C=O) groups excluding carboxylic acids is 1. The van der Waals surface area contributed by atoms with Crippen molar-refractivity contribution in [2.75, 3.05) is 0 Å². The van der Waals surface area contributed by atoms with Crippen LogP contribution in [0, 0.1) is 11.3 Å². The Hall–Kier alpha value is -0.730. The molecule has 1 rings (SSSR count). The molecule has 0 N–H and O–H groups in total. The molecule has 3 unspecified atom stereocenters. The highest BCUT2D eigenvalue weighted by molar-refractivity contribution is 5.69. The van der Waals surface area contributed by atoms with Crippen LogP contribution >= 0.6 is 0 Å². The van der Waals surface area contributed by atoms with Gasteiger partial charge in [0, 0.05) is 12.1 Å². The molecular formula is C18H35NO2. The van der Waals surface area contributed by atoms with Gasteiger partial charge in [0.05, 0.1) is 0 Å². The first-order valence-corrected chi connectivity index (χ1v) is 8.47. The number of hydrogen-bond acceptors (Lipinski definition) is 2. The zero-order valence-corrected chi connectivity index (χ0v) is 15.3. The third-order valence-electron chi connectivity index (χ3n) is 4.50. The van der Waals surface area contributed by atoms with Crippen LogP contribution in [0.15, 0.2) is 0 Å². The predicted octanol–water partition coefficient (Wildman–Crippen LogP) is 5.24. The zero-order valence-electron chi connectivity index (χ0n) is 15.3. The van der Waals surface area contributed by atoms with E-state index in [1.807, 2.05) is 25.7 Å². The zero-order chi connectivity index (χ0) is 16.4. The third kappa shape index (κ3) is 5.19. The summed E-state index contributed by atoms with van der Waals surface area (Å²) < 4.78 is 5.63. The summed E-state index contributed by atoms with van der Waals surface area (Å²) in [6.45, 7) is 17.1. The van der Waals surface area contributed by atoms with Crippen molar-refractivity contribution < 1.29 is 9.53 Å². The average Bonchev–Trinajstić information content (AvgIpc) is 2.24. The van der Waals surface area contributed by atoms with Gasteiger partial charge in [-0.2, -0.15) is 0 Å². The molecule has 1 saturated heterocycles. The monoisotopic (exact) mass is 297 g/mol. The van der Waals surface area contributed by atoms with Gasteiger partial charge in [0.2, 0.25) is 0 Å². The molecule has 0 bridgehead atoms. The Kier molecular flexibility index (Phi) is 5.74. The molecule has 3 atom stereocenters. The van der Waals surface area contributed by atoms with Crippen LogP contribution in [0.4, 0.5) is 4.79 Å². The molecule has 0 aromatic heterocycles. The Balaban J connectivity index is 2.89. The topological polar surface area (TPSA) is 29.5 Å². The van der Waals surface area contributed by atoms with Crippen molar-refractivity contribution in [2.45, 2.75) is 98.8 Å². The fraction of sp³-hybridized carbons (Fsp3) is 0.944. The summed E-state index contributed by atoms with van der Waals surface area (Å²) >= 11 is 0. The lowest BCUT2D eigenvalue weighted by Crippen LogP contribution is -2.54. The summed E-state index contributed by atoms with van der Waals surface area (Å²) in [6, 6.07) is 0.576. The molecule has 1 aliphatic rings. The number of rotatable bonds is 2. The van der Waals surface area contributed by atoms with Crippen LogP contribution in [0.5, 0.6) is 0 Å². The van der Waals surface area contributed by atoms with E-state index in [-0.39, 0.29) is 12.1 Å². The quantitative estimate of drug-likeness (QED) is 0.698. The number of nitrogens with zero attached hydrogens (tertiary/aromatic N) is 1. The number of carbonyl (C=O) groups is 1. The molecule has 21 heavy (non-hydrogen) atoms. The Morgan fingerprint density at radius 2 is 1.71 bits per heavy atom. The number of ether oxygens (including phenoxy) is 1. The average molecular weight is 297 g/mol. The maximum Gasteiger partial charge on any atom is 0.410 e. The summed E-state index contributed by atoms with van der Waals surface area (Å²) in [5.41, 5.74) is -0.116. The van der Waals surface area contributed by atoms with E-state index < -0.39 is 5.60 Å². The second-order valence-electron chi connectivity index (χ2n) is 8.71. The van der Waals surface area contributed by atoms with Crippen LogP contribution in [-0.4, -0.2) is 28.7 Å². The van der Waals surface area contributed by atoms with E-state index in [4.69, 9.17) is 4.74 Å². The molecule has 0 aliphatic carbocycles. The minimum absolute atomic E-state index is 0.138. The fourth-order valence-corrected chi connectivity index (χ4v) is 3.36. The van der Waals surface area contributed by atoms with Gasteiger partial charge < -0.3 is 9.64 Å². The van der Waals surface area contributed by atoms with Gasteiger partial charge in [-0.3, -0.25) is 0 Å². The second-order valence-corrected chi connectivity index (χ2v) is 8.71. The van der Waals surface area contributed by atoms with Gasteiger partial charge in [0.15, 0.2) is 0 Å². The SMILES string of the molecule is CCCC1CC(C(C)(C)C)CC(C)N1C(=O)OC(C)(C)C. The predicted molar refractivity (Wildman–Crippen MR) is 88.4 cm³/mol. The van der Waals surface area contributed by atoms with E-state index in [0.29, 0.717) is 17.4 Å². The second kappa shape index (κ2) is 6.58. The molecular weight excluding hydrogens is 262 g/mol. The summed E-state index contributed by atoms with van der Waals surface area (Å²) in [4.78, 5) is 14.6. The van der Waals surface area contributed by atoms with E-state index in [9.17, 15) is 4.79 Å². The van der Waals surface area contributed by atoms with E-state index in [0.717, 1.165) is 25.7 Å². The summed E-state index contributed by atoms with van der Waals surface area (Å²) in [7, 11) is 0. The third-order valence-corrected chi connectivity index (χ3v) is 4.50. The van der Waals surface area contributed by atoms with Crippen LogP contribution < -0.4 is 0 Å². The van der Waals surface area contributed by atoms with E-state index in [1.165, 1.54) is 0 Å². The standard InChI is InChI=1S/C18H35NO2/c1-9-10-15-12-14(17(3,4)5)11-13(2)19(15)16(20)21-18(6,7)8/h13-15H,9-12H2,1-8H3. The fourth-order valence-electron chi connectivity index (χ4n) is 3.36. The first kappa shape index (κ1) is 18.3. The smallest absolute Gasteiger partial charge is 0.410 e.